The van der Waals surface area contributed by atoms with Crippen LogP contribution < -0.4 is 0 Å². The van der Waals surface area contributed by atoms with Crippen molar-refractivity contribution in [2.45, 2.75) is 30.4 Å². The fourth-order valence-corrected chi connectivity index (χ4v) is 3.71. The Morgan fingerprint density at radius 3 is 2.71 bits per heavy atom. The van der Waals surface area contributed by atoms with Gasteiger partial charge in [-0.05, 0) is 26.3 Å². The normalized spacial score (nSPS) is 12.2. The number of ketones is 1. The number of Topliss-reactive ketones (excluding diaryl/α,β-unsaturated/α-hetero) is 1. The van der Waals surface area contributed by atoms with Gasteiger partial charge in [-0.1, -0.05) is 23.1 Å². The lowest BCUT2D eigenvalue weighted by Crippen LogP contribution is -2.15. The Morgan fingerprint density at radius 2 is 2.14 bits per heavy atom. The Kier molecular flexibility index (Phi) is 4.79. The lowest BCUT2D eigenvalue weighted by Gasteiger charge is -2.07. The maximum atomic E-state index is 12.5. The first-order valence-corrected chi connectivity index (χ1v) is 7.96. The van der Waals surface area contributed by atoms with Crippen LogP contribution in [0.2, 0.25) is 0 Å². The van der Waals surface area contributed by atoms with Crippen molar-refractivity contribution in [1.29, 1.82) is 0 Å². The molecular weight excluding hydrogens is 310 g/mol. The molecule has 6 nitrogen and oxygen atoms in total. The number of ether oxygens (including phenoxy) is 1. The number of aryl methyl sites for hydroxylation is 1. The maximum absolute atomic E-state index is 12.5. The molecule has 1 atom stereocenters. The summed E-state index contributed by atoms with van der Waals surface area (Å²) in [5, 5.41) is 7.34. The first-order valence-electron chi connectivity index (χ1n) is 6.20. The molecule has 2 aromatic heterocycles. The quantitative estimate of drug-likeness (QED) is 0.517. The van der Waals surface area contributed by atoms with Gasteiger partial charge in [0, 0.05) is 5.69 Å². The van der Waals surface area contributed by atoms with Gasteiger partial charge >= 0.3 is 5.97 Å². The monoisotopic (exact) mass is 325 g/mol. The average Bonchev–Trinajstić information content (AvgIpc) is 3.05. The lowest BCUT2D eigenvalue weighted by atomic mass is 10.1. The highest BCUT2D eigenvalue weighted by Gasteiger charge is 2.26. The fraction of sp³-hybridized carbons (Fsp3) is 0.385. The van der Waals surface area contributed by atoms with Gasteiger partial charge in [-0.2, -0.15) is 0 Å². The van der Waals surface area contributed by atoms with Crippen molar-refractivity contribution < 1.29 is 14.3 Å². The van der Waals surface area contributed by atoms with Gasteiger partial charge in [0.15, 0.2) is 10.1 Å². The van der Waals surface area contributed by atoms with Crippen LogP contribution in [-0.2, 0) is 4.74 Å². The highest BCUT2D eigenvalue weighted by molar-refractivity contribution is 8.02. The van der Waals surface area contributed by atoms with Crippen molar-refractivity contribution >= 4 is 34.9 Å². The Bertz CT molecular complexity index is 665. The topological polar surface area (TPSA) is 84.9 Å². The van der Waals surface area contributed by atoms with Gasteiger partial charge in [-0.25, -0.2) is 4.79 Å². The zero-order chi connectivity index (χ0) is 15.6. The molecule has 1 N–H and O–H groups in total. The molecule has 112 valence electrons. The van der Waals surface area contributed by atoms with Crippen LogP contribution in [0.1, 0.15) is 39.0 Å². The van der Waals surface area contributed by atoms with E-state index in [1.165, 1.54) is 30.2 Å². The summed E-state index contributed by atoms with van der Waals surface area (Å²) < 4.78 is 5.49. The van der Waals surface area contributed by atoms with E-state index in [0.717, 1.165) is 4.34 Å². The number of nitrogens with one attached hydrogen (secondary N) is 1. The number of carbonyl (C=O) groups excluding carboxylic acids is 2. The Labute approximate surface area is 130 Å². The van der Waals surface area contributed by atoms with Gasteiger partial charge in [-0.3, -0.25) is 4.79 Å². The number of H-pyrrole nitrogens is 1. The van der Waals surface area contributed by atoms with Gasteiger partial charge in [0.05, 0.1) is 23.6 Å². The molecule has 0 spiro atoms. The summed E-state index contributed by atoms with van der Waals surface area (Å²) in [5.74, 6) is -0.518. The zero-order valence-electron chi connectivity index (χ0n) is 12.1. The molecule has 2 aromatic rings. The molecule has 0 saturated heterocycles. The number of aromatic nitrogens is 3. The smallest absolute Gasteiger partial charge is 0.339 e. The Balaban J connectivity index is 2.25. The largest absolute Gasteiger partial charge is 0.465 e. The van der Waals surface area contributed by atoms with E-state index < -0.39 is 5.97 Å². The van der Waals surface area contributed by atoms with Crippen LogP contribution in [-0.4, -0.2) is 39.3 Å². The summed E-state index contributed by atoms with van der Waals surface area (Å²) in [5.41, 5.74) is 3.75. The van der Waals surface area contributed by atoms with E-state index in [1.807, 2.05) is 6.92 Å². The molecule has 2 heterocycles. The number of aromatic amines is 1. The van der Waals surface area contributed by atoms with Gasteiger partial charge < -0.3 is 9.72 Å². The molecule has 0 aliphatic heterocycles. The molecule has 0 unspecified atom stereocenters. The van der Waals surface area contributed by atoms with Crippen LogP contribution in [0.15, 0.2) is 9.85 Å². The van der Waals surface area contributed by atoms with Crippen molar-refractivity contribution in [2.75, 3.05) is 7.11 Å². The molecule has 0 saturated carbocycles. The second-order valence-electron chi connectivity index (χ2n) is 4.45. The highest BCUT2D eigenvalue weighted by Crippen LogP contribution is 2.28. The van der Waals surface area contributed by atoms with Gasteiger partial charge in [0.2, 0.25) is 0 Å². The lowest BCUT2D eigenvalue weighted by molar-refractivity contribution is 0.0599. The zero-order valence-corrected chi connectivity index (χ0v) is 13.7. The minimum Gasteiger partial charge on any atom is -0.465 e. The van der Waals surface area contributed by atoms with Crippen LogP contribution in [0, 0.1) is 13.8 Å². The number of rotatable bonds is 5. The van der Waals surface area contributed by atoms with E-state index in [0.29, 0.717) is 22.5 Å². The van der Waals surface area contributed by atoms with E-state index >= 15 is 0 Å². The molecule has 0 amide bonds. The molecule has 0 bridgehead atoms. The summed E-state index contributed by atoms with van der Waals surface area (Å²) in [4.78, 5) is 27.3. The second-order valence-corrected chi connectivity index (χ2v) is 6.87. The summed E-state index contributed by atoms with van der Waals surface area (Å²) >= 11 is 2.74. The first-order chi connectivity index (χ1) is 9.95. The maximum Gasteiger partial charge on any atom is 0.339 e. The van der Waals surface area contributed by atoms with Gasteiger partial charge in [0.1, 0.15) is 5.51 Å². The fourth-order valence-electron chi connectivity index (χ4n) is 2.03. The third kappa shape index (κ3) is 3.16. The summed E-state index contributed by atoms with van der Waals surface area (Å²) in [7, 11) is 1.32. The number of methoxy groups -OCH3 is 1. The molecule has 21 heavy (non-hydrogen) atoms. The van der Waals surface area contributed by atoms with Crippen LogP contribution >= 0.6 is 23.1 Å². The average molecular weight is 325 g/mol. The van der Waals surface area contributed by atoms with Crippen molar-refractivity contribution in [1.82, 2.24) is 15.2 Å². The van der Waals surface area contributed by atoms with Crippen LogP contribution in [0.4, 0.5) is 0 Å². The third-order valence-electron chi connectivity index (χ3n) is 3.06. The molecule has 0 fully saturated rings. The van der Waals surface area contributed by atoms with Crippen LogP contribution in [0.5, 0.6) is 0 Å². The van der Waals surface area contributed by atoms with E-state index in [-0.39, 0.29) is 11.0 Å². The van der Waals surface area contributed by atoms with Crippen molar-refractivity contribution in [3.63, 3.8) is 0 Å². The van der Waals surface area contributed by atoms with E-state index in [1.54, 1.807) is 19.4 Å². The summed E-state index contributed by atoms with van der Waals surface area (Å²) in [6.07, 6.45) is 0. The van der Waals surface area contributed by atoms with Crippen molar-refractivity contribution in [2.24, 2.45) is 0 Å². The van der Waals surface area contributed by atoms with Gasteiger partial charge in [0.25, 0.3) is 0 Å². The van der Waals surface area contributed by atoms with Crippen LogP contribution in [0.3, 0.4) is 0 Å². The number of carbonyl (C=O) groups is 2. The molecular formula is C13H15N3O3S2. The van der Waals surface area contributed by atoms with E-state index in [2.05, 4.69) is 15.2 Å². The van der Waals surface area contributed by atoms with E-state index in [9.17, 15) is 9.59 Å². The molecule has 2 rings (SSSR count). The summed E-state index contributed by atoms with van der Waals surface area (Å²) in [6.45, 7) is 5.30. The second kappa shape index (κ2) is 6.40. The predicted octanol–water partition coefficient (Wildman–Crippen LogP) is 2.63. The number of esters is 1. The summed E-state index contributed by atoms with van der Waals surface area (Å²) in [6, 6.07) is 0. The van der Waals surface area contributed by atoms with Crippen molar-refractivity contribution in [3.8, 4) is 0 Å². The minimum absolute atomic E-state index is 0.0778. The molecule has 0 aliphatic rings. The molecule has 0 aliphatic carbocycles. The molecule has 0 radical (unpaired) electrons. The Morgan fingerprint density at radius 1 is 1.43 bits per heavy atom. The third-order valence-corrected chi connectivity index (χ3v) is 4.97. The number of thioether (sulfide) groups is 1. The van der Waals surface area contributed by atoms with Gasteiger partial charge in [-0.15, -0.1) is 10.2 Å². The minimum atomic E-state index is -0.440. The molecule has 0 aromatic carbocycles. The predicted molar refractivity (Wildman–Crippen MR) is 81.2 cm³/mol. The van der Waals surface area contributed by atoms with E-state index in [4.69, 9.17) is 4.74 Å². The highest BCUT2D eigenvalue weighted by atomic mass is 32.2. The van der Waals surface area contributed by atoms with Crippen molar-refractivity contribution in [3.05, 3.63) is 28.0 Å². The number of hydrogen-bond donors (Lipinski definition) is 1. The van der Waals surface area contributed by atoms with Crippen LogP contribution in [0.25, 0.3) is 0 Å². The SMILES string of the molecule is COC(=O)c1c(C)[nH]c(C(=O)[C@H](C)Sc2nncs2)c1C. The Hall–Kier alpha value is -1.67. The molecule has 8 heteroatoms. The number of hydrogen-bond acceptors (Lipinski definition) is 7. The standard InChI is InChI=1S/C13H15N3O3S2/c1-6-9(12(18)19-4)7(2)15-10(6)11(17)8(3)21-13-16-14-5-20-13/h5,8,15H,1-4H3/t8-/m0/s1. The number of nitrogens with zero attached hydrogens (tertiary/aromatic N) is 2. The first kappa shape index (κ1) is 15.7.